The van der Waals surface area contributed by atoms with Crippen molar-refractivity contribution in [1.82, 2.24) is 0 Å². The molecule has 2 fully saturated rings. The maximum atomic E-state index is 12.2. The number of fused-ring (bicyclic) bond motifs is 3. The third kappa shape index (κ3) is 2.58. The van der Waals surface area contributed by atoms with Crippen LogP contribution < -0.4 is 0 Å². The third-order valence-electron chi connectivity index (χ3n) is 7.58. The maximum Gasteiger partial charge on any atom is 0.167 e. The minimum Gasteiger partial charge on any atom is -0.396 e. The standard InChI is InChI=1S/C20H32O4/c1-18(17(24)11-21)7-6-15-13(8-18)4-5-16-19(2,12-22)9-14(23)10-20(15,16)3/h8,14-16,21-23H,4-7,9-12H2,1-3H3/t14-,15+,16-,18+,19+,20+/m1/s1. The van der Waals surface area contributed by atoms with Gasteiger partial charge in [0.1, 0.15) is 6.61 Å². The van der Waals surface area contributed by atoms with Gasteiger partial charge in [0.2, 0.25) is 0 Å². The highest BCUT2D eigenvalue weighted by Gasteiger charge is 2.57. The van der Waals surface area contributed by atoms with E-state index >= 15 is 0 Å². The van der Waals surface area contributed by atoms with E-state index in [2.05, 4.69) is 19.9 Å². The Morgan fingerprint density at radius 1 is 1.21 bits per heavy atom. The minimum absolute atomic E-state index is 0.0250. The van der Waals surface area contributed by atoms with E-state index in [9.17, 15) is 20.1 Å². The lowest BCUT2D eigenvalue weighted by molar-refractivity contribution is -0.137. The largest absolute Gasteiger partial charge is 0.396 e. The van der Waals surface area contributed by atoms with Gasteiger partial charge in [0, 0.05) is 12.0 Å². The number of carbonyl (C=O) groups excluding carboxylic acids is 1. The Hall–Kier alpha value is -0.710. The van der Waals surface area contributed by atoms with Crippen LogP contribution in [0, 0.1) is 28.1 Å². The first kappa shape index (κ1) is 18.1. The van der Waals surface area contributed by atoms with Crippen LogP contribution in [0.2, 0.25) is 0 Å². The van der Waals surface area contributed by atoms with Crippen molar-refractivity contribution in [1.29, 1.82) is 0 Å². The first-order valence-electron chi connectivity index (χ1n) is 9.33. The highest BCUT2D eigenvalue weighted by Crippen LogP contribution is 2.63. The van der Waals surface area contributed by atoms with Crippen molar-refractivity contribution in [2.75, 3.05) is 13.2 Å². The number of hydrogen-bond donors (Lipinski definition) is 3. The van der Waals surface area contributed by atoms with Crippen molar-refractivity contribution in [3.8, 4) is 0 Å². The van der Waals surface area contributed by atoms with Crippen molar-refractivity contribution < 1.29 is 20.1 Å². The predicted octanol–water partition coefficient (Wildman–Crippen LogP) is 2.46. The second-order valence-corrected chi connectivity index (χ2v) is 9.28. The van der Waals surface area contributed by atoms with Crippen LogP contribution in [-0.4, -0.2) is 40.4 Å². The van der Waals surface area contributed by atoms with E-state index in [0.717, 1.165) is 32.1 Å². The SMILES string of the molecule is C[C@@]1(CO)C[C@@H](O)C[C@]2(C)[C@@H]1CCC1=C[C@@](C)(C(=O)CO)CC[C@@H]12. The van der Waals surface area contributed by atoms with Crippen LogP contribution in [0.3, 0.4) is 0 Å². The second kappa shape index (κ2) is 5.93. The summed E-state index contributed by atoms with van der Waals surface area (Å²) < 4.78 is 0. The van der Waals surface area contributed by atoms with Crippen LogP contribution in [0.15, 0.2) is 11.6 Å². The number of hydrogen-bond acceptors (Lipinski definition) is 4. The van der Waals surface area contributed by atoms with Crippen LogP contribution in [0.25, 0.3) is 0 Å². The lowest BCUT2D eigenvalue weighted by atomic mass is 9.45. The summed E-state index contributed by atoms with van der Waals surface area (Å²) in [6.07, 6.45) is 6.87. The number of aliphatic hydroxyl groups is 3. The molecule has 0 unspecified atom stereocenters. The van der Waals surface area contributed by atoms with Gasteiger partial charge in [-0.3, -0.25) is 4.79 Å². The molecule has 6 atom stereocenters. The lowest BCUT2D eigenvalue weighted by Gasteiger charge is -2.60. The quantitative estimate of drug-likeness (QED) is 0.692. The fraction of sp³-hybridized carbons (Fsp3) is 0.850. The van der Waals surface area contributed by atoms with Crippen molar-refractivity contribution >= 4 is 5.78 Å². The van der Waals surface area contributed by atoms with Crippen molar-refractivity contribution in [3.05, 3.63) is 11.6 Å². The fourth-order valence-electron chi connectivity index (χ4n) is 6.36. The normalized spacial score (nSPS) is 48.2. The summed E-state index contributed by atoms with van der Waals surface area (Å²) in [7, 11) is 0. The molecule has 4 nitrogen and oxygen atoms in total. The Morgan fingerprint density at radius 2 is 1.92 bits per heavy atom. The molecule has 24 heavy (non-hydrogen) atoms. The van der Waals surface area contributed by atoms with Gasteiger partial charge < -0.3 is 15.3 Å². The monoisotopic (exact) mass is 336 g/mol. The molecule has 0 aliphatic heterocycles. The van der Waals surface area contributed by atoms with E-state index in [0.29, 0.717) is 18.3 Å². The molecule has 0 amide bonds. The molecule has 2 saturated carbocycles. The zero-order valence-electron chi connectivity index (χ0n) is 15.2. The molecule has 0 bridgehead atoms. The number of allylic oxidation sites excluding steroid dienone is 2. The molecule has 0 aromatic heterocycles. The first-order valence-corrected chi connectivity index (χ1v) is 9.33. The van der Waals surface area contributed by atoms with Gasteiger partial charge in [0.05, 0.1) is 6.10 Å². The third-order valence-corrected chi connectivity index (χ3v) is 7.58. The maximum absolute atomic E-state index is 12.2. The number of rotatable bonds is 3. The highest BCUT2D eigenvalue weighted by molar-refractivity contribution is 5.87. The lowest BCUT2D eigenvalue weighted by Crippen LogP contribution is -2.56. The minimum atomic E-state index is -0.544. The van der Waals surface area contributed by atoms with Gasteiger partial charge in [-0.2, -0.15) is 0 Å². The zero-order valence-corrected chi connectivity index (χ0v) is 15.2. The van der Waals surface area contributed by atoms with Crippen LogP contribution in [0.5, 0.6) is 0 Å². The molecule has 0 aromatic carbocycles. The molecule has 4 heteroatoms. The van der Waals surface area contributed by atoms with E-state index < -0.39 is 12.0 Å². The molecule has 0 aromatic rings. The van der Waals surface area contributed by atoms with Crippen LogP contribution >= 0.6 is 0 Å². The van der Waals surface area contributed by atoms with Gasteiger partial charge in [0.25, 0.3) is 0 Å². The topological polar surface area (TPSA) is 77.8 Å². The molecule has 0 spiro atoms. The average molecular weight is 336 g/mol. The fourth-order valence-corrected chi connectivity index (χ4v) is 6.36. The van der Waals surface area contributed by atoms with E-state index in [-0.39, 0.29) is 29.3 Å². The molecule has 3 N–H and O–H groups in total. The molecule has 3 aliphatic rings. The molecule has 0 radical (unpaired) electrons. The molecule has 136 valence electrons. The zero-order chi connectivity index (χ0) is 17.8. The Bertz CT molecular complexity index is 556. The molecular formula is C20H32O4. The Kier molecular flexibility index (Phi) is 4.47. The van der Waals surface area contributed by atoms with Gasteiger partial charge in [-0.1, -0.05) is 25.5 Å². The number of carbonyl (C=O) groups is 1. The van der Waals surface area contributed by atoms with Crippen molar-refractivity contribution in [3.63, 3.8) is 0 Å². The summed E-state index contributed by atoms with van der Waals surface area (Å²) in [5, 5.41) is 29.8. The van der Waals surface area contributed by atoms with Crippen LogP contribution in [-0.2, 0) is 4.79 Å². The molecule has 0 heterocycles. The van der Waals surface area contributed by atoms with Crippen LogP contribution in [0.4, 0.5) is 0 Å². The van der Waals surface area contributed by atoms with Crippen molar-refractivity contribution in [2.45, 2.75) is 65.4 Å². The molecule has 3 rings (SSSR count). The predicted molar refractivity (Wildman–Crippen MR) is 92.3 cm³/mol. The summed E-state index contributed by atoms with van der Waals surface area (Å²) >= 11 is 0. The van der Waals surface area contributed by atoms with Crippen LogP contribution in [0.1, 0.15) is 59.3 Å². The van der Waals surface area contributed by atoms with E-state index in [1.165, 1.54) is 5.57 Å². The van der Waals surface area contributed by atoms with Gasteiger partial charge >= 0.3 is 0 Å². The number of aliphatic hydroxyl groups excluding tert-OH is 3. The van der Waals surface area contributed by atoms with Crippen molar-refractivity contribution in [2.24, 2.45) is 28.1 Å². The highest BCUT2D eigenvalue weighted by atomic mass is 16.3. The van der Waals surface area contributed by atoms with E-state index in [4.69, 9.17) is 0 Å². The summed E-state index contributed by atoms with van der Waals surface area (Å²) in [4.78, 5) is 12.2. The Balaban J connectivity index is 1.97. The van der Waals surface area contributed by atoms with Gasteiger partial charge in [-0.05, 0) is 68.1 Å². The Morgan fingerprint density at radius 3 is 2.54 bits per heavy atom. The van der Waals surface area contributed by atoms with Gasteiger partial charge in [0.15, 0.2) is 5.78 Å². The molecule has 3 aliphatic carbocycles. The average Bonchev–Trinajstić information content (AvgIpc) is 2.52. The van der Waals surface area contributed by atoms with Gasteiger partial charge in [-0.15, -0.1) is 0 Å². The molecule has 0 saturated heterocycles. The number of Topliss-reactive ketones (excluding diaryl/α,β-unsaturated/α-hetero) is 1. The summed E-state index contributed by atoms with van der Waals surface area (Å²) in [6.45, 7) is 6.07. The Labute approximate surface area is 145 Å². The summed E-state index contributed by atoms with van der Waals surface area (Å²) in [5.41, 5.74) is 0.540. The summed E-state index contributed by atoms with van der Waals surface area (Å²) in [5.74, 6) is 0.680. The van der Waals surface area contributed by atoms with Gasteiger partial charge in [-0.25, -0.2) is 0 Å². The van der Waals surface area contributed by atoms with E-state index in [1.807, 2.05) is 6.92 Å². The smallest absolute Gasteiger partial charge is 0.167 e. The summed E-state index contributed by atoms with van der Waals surface area (Å²) in [6, 6.07) is 0. The number of ketones is 1. The second-order valence-electron chi connectivity index (χ2n) is 9.28. The first-order chi connectivity index (χ1) is 11.2. The van der Waals surface area contributed by atoms with E-state index in [1.54, 1.807) is 0 Å². The molecular weight excluding hydrogens is 304 g/mol.